The largest absolute Gasteiger partial charge is 0.481 e. The number of fused-ring (bicyclic) bond motifs is 4. The minimum Gasteiger partial charge on any atom is -0.481 e. The van der Waals surface area contributed by atoms with E-state index in [1.807, 2.05) is 0 Å². The molecule has 1 spiro atoms. The molecule has 1 saturated heterocycles. The van der Waals surface area contributed by atoms with E-state index in [1.54, 1.807) is 13.0 Å². The van der Waals surface area contributed by atoms with E-state index in [-0.39, 0.29) is 35.2 Å². The third kappa shape index (κ3) is 2.58. The van der Waals surface area contributed by atoms with Gasteiger partial charge in [0.2, 0.25) is 0 Å². The minimum atomic E-state index is -1.32. The zero-order valence-electron chi connectivity index (χ0n) is 18.0. The predicted octanol–water partition coefficient (Wildman–Crippen LogP) is 3.10. The van der Waals surface area contributed by atoms with Gasteiger partial charge in [0.05, 0.1) is 18.3 Å². The first-order valence-corrected chi connectivity index (χ1v) is 11.4. The van der Waals surface area contributed by atoms with Gasteiger partial charge >= 0.3 is 17.6 Å². The van der Waals surface area contributed by atoms with Crippen LogP contribution < -0.4 is 5.63 Å². The number of carboxylic acid groups (broad SMARTS) is 1. The standard InChI is InChI=1S/C24H30O7/c1-22-9-7-15(25)11-14(22)4-5-17-19(22)20(27)31-24(17)10-8-16(23(24,2)21(28)29)13-3-6-18(26)30-12-13/h3,6,12,14-17,19,25H,4-5,7-11H2,1-2H3,(H,28,29)/t14-,15+,16-,17-,19+,22+,23+,24+/m1/s1. The molecule has 0 bridgehead atoms. The molecule has 5 rings (SSSR count). The number of carbonyl (C=O) groups excluding carboxylic acids is 1. The fourth-order valence-electron chi connectivity index (χ4n) is 7.84. The van der Waals surface area contributed by atoms with Crippen molar-refractivity contribution in [3.63, 3.8) is 0 Å². The van der Waals surface area contributed by atoms with Gasteiger partial charge in [-0.3, -0.25) is 9.59 Å². The van der Waals surface area contributed by atoms with Crippen molar-refractivity contribution in [2.45, 2.75) is 76.4 Å². The second-order valence-electron chi connectivity index (χ2n) is 10.6. The molecule has 31 heavy (non-hydrogen) atoms. The molecular formula is C24H30O7. The second-order valence-corrected chi connectivity index (χ2v) is 10.6. The van der Waals surface area contributed by atoms with Crippen LogP contribution in [0.5, 0.6) is 0 Å². The van der Waals surface area contributed by atoms with Crippen molar-refractivity contribution in [2.75, 3.05) is 0 Å². The average Bonchev–Trinajstić information content (AvgIpc) is 3.19. The van der Waals surface area contributed by atoms with Gasteiger partial charge in [-0.1, -0.05) is 6.92 Å². The van der Waals surface area contributed by atoms with Crippen LogP contribution in [0.1, 0.15) is 70.3 Å². The van der Waals surface area contributed by atoms with Gasteiger partial charge in [-0.25, -0.2) is 4.79 Å². The molecule has 0 unspecified atom stereocenters. The molecule has 7 heteroatoms. The fourth-order valence-corrected chi connectivity index (χ4v) is 7.84. The van der Waals surface area contributed by atoms with E-state index in [0.717, 1.165) is 19.3 Å². The van der Waals surface area contributed by atoms with Crippen molar-refractivity contribution in [1.82, 2.24) is 0 Å². The lowest BCUT2D eigenvalue weighted by Crippen LogP contribution is -2.57. The van der Waals surface area contributed by atoms with Crippen LogP contribution in [0.3, 0.4) is 0 Å². The smallest absolute Gasteiger partial charge is 0.335 e. The zero-order valence-corrected chi connectivity index (χ0v) is 18.0. The van der Waals surface area contributed by atoms with E-state index in [2.05, 4.69) is 6.92 Å². The first kappa shape index (κ1) is 20.7. The summed E-state index contributed by atoms with van der Waals surface area (Å²) in [7, 11) is 0. The number of hydrogen-bond donors (Lipinski definition) is 2. The Balaban J connectivity index is 1.58. The number of rotatable bonds is 2. The monoisotopic (exact) mass is 430 g/mol. The lowest BCUT2D eigenvalue weighted by molar-refractivity contribution is -0.178. The van der Waals surface area contributed by atoms with E-state index in [0.29, 0.717) is 31.2 Å². The van der Waals surface area contributed by atoms with Crippen LogP contribution >= 0.6 is 0 Å². The third-order valence-electron chi connectivity index (χ3n) is 9.53. The fraction of sp³-hybridized carbons (Fsp3) is 0.708. The number of ether oxygens (including phenoxy) is 1. The lowest BCUT2D eigenvalue weighted by atomic mass is 9.49. The highest BCUT2D eigenvalue weighted by Crippen LogP contribution is 2.69. The molecule has 2 N–H and O–H groups in total. The molecule has 1 aromatic rings. The quantitative estimate of drug-likeness (QED) is 0.693. The maximum absolute atomic E-state index is 13.4. The molecule has 0 amide bonds. The van der Waals surface area contributed by atoms with Gasteiger partial charge in [-0.15, -0.1) is 0 Å². The molecule has 3 saturated carbocycles. The van der Waals surface area contributed by atoms with E-state index in [9.17, 15) is 24.6 Å². The molecule has 168 valence electrons. The first-order valence-electron chi connectivity index (χ1n) is 11.4. The Morgan fingerprint density at radius 1 is 1.10 bits per heavy atom. The summed E-state index contributed by atoms with van der Waals surface area (Å²) in [6, 6.07) is 2.94. The Labute approximate surface area is 180 Å². The summed E-state index contributed by atoms with van der Waals surface area (Å²) in [6.07, 6.45) is 5.76. The van der Waals surface area contributed by atoms with Crippen molar-refractivity contribution < 1.29 is 29.0 Å². The Kier molecular flexibility index (Phi) is 4.46. The van der Waals surface area contributed by atoms with Gasteiger partial charge in [-0.2, -0.15) is 0 Å². The number of aliphatic hydroxyl groups excluding tert-OH is 1. The molecule has 0 aromatic carbocycles. The highest BCUT2D eigenvalue weighted by atomic mass is 16.6. The number of esters is 1. The van der Waals surface area contributed by atoms with Crippen molar-refractivity contribution in [1.29, 1.82) is 0 Å². The van der Waals surface area contributed by atoms with Gasteiger partial charge in [0.15, 0.2) is 0 Å². The maximum Gasteiger partial charge on any atom is 0.335 e. The molecule has 2 heterocycles. The van der Waals surface area contributed by atoms with Crippen molar-refractivity contribution in [2.24, 2.45) is 28.6 Å². The van der Waals surface area contributed by atoms with Crippen LogP contribution in [0, 0.1) is 28.6 Å². The molecular weight excluding hydrogens is 400 g/mol. The van der Waals surface area contributed by atoms with Crippen LogP contribution in [0.4, 0.5) is 0 Å². The molecule has 8 atom stereocenters. The molecule has 4 fully saturated rings. The predicted molar refractivity (Wildman–Crippen MR) is 109 cm³/mol. The minimum absolute atomic E-state index is 0.168. The Bertz CT molecular complexity index is 964. The van der Waals surface area contributed by atoms with E-state index < -0.39 is 28.5 Å². The number of carboxylic acids is 1. The molecule has 7 nitrogen and oxygen atoms in total. The number of carbonyl (C=O) groups is 2. The summed E-state index contributed by atoms with van der Waals surface area (Å²) >= 11 is 0. The molecule has 1 aromatic heterocycles. The van der Waals surface area contributed by atoms with Crippen molar-refractivity contribution >= 4 is 11.9 Å². The highest BCUT2D eigenvalue weighted by Gasteiger charge is 2.75. The Hall–Kier alpha value is -2.15. The number of hydrogen-bond acceptors (Lipinski definition) is 6. The first-order chi connectivity index (χ1) is 14.6. The van der Waals surface area contributed by atoms with Crippen molar-refractivity contribution in [3.05, 3.63) is 34.4 Å². The lowest BCUT2D eigenvalue weighted by Gasteiger charge is -2.53. The van der Waals surface area contributed by atoms with E-state index in [4.69, 9.17) is 9.15 Å². The van der Waals surface area contributed by atoms with Crippen molar-refractivity contribution in [3.8, 4) is 0 Å². The van der Waals surface area contributed by atoms with Gasteiger partial charge in [-0.05, 0) is 74.8 Å². The molecule has 3 aliphatic carbocycles. The van der Waals surface area contributed by atoms with Crippen LogP contribution in [-0.4, -0.2) is 33.9 Å². The summed E-state index contributed by atoms with van der Waals surface area (Å²) in [5.74, 6) is -1.94. The van der Waals surface area contributed by atoms with Crippen LogP contribution in [0.25, 0.3) is 0 Å². The van der Waals surface area contributed by atoms with E-state index in [1.165, 1.54) is 12.3 Å². The molecule has 4 aliphatic rings. The zero-order chi connectivity index (χ0) is 22.2. The summed E-state index contributed by atoms with van der Waals surface area (Å²) < 4.78 is 11.2. The summed E-state index contributed by atoms with van der Waals surface area (Å²) in [5, 5.41) is 20.7. The third-order valence-corrected chi connectivity index (χ3v) is 9.53. The maximum atomic E-state index is 13.4. The summed E-state index contributed by atoms with van der Waals surface area (Å²) in [6.45, 7) is 3.84. The normalized spacial score (nSPS) is 46.4. The van der Waals surface area contributed by atoms with Gasteiger partial charge in [0, 0.05) is 17.9 Å². The SMILES string of the molecule is C[C@]12CC[C@H](O)C[C@H]1CC[C@@H]1[C@H]2C(=O)O[C@@]12CC[C@H](c1ccc(=O)oc1)[C@@]2(C)C(=O)O. The number of aliphatic carboxylic acids is 1. The highest BCUT2D eigenvalue weighted by molar-refractivity contribution is 5.83. The van der Waals surface area contributed by atoms with Gasteiger partial charge in [0.1, 0.15) is 11.0 Å². The summed E-state index contributed by atoms with van der Waals surface area (Å²) in [4.78, 5) is 37.6. The van der Waals surface area contributed by atoms with Gasteiger partial charge < -0.3 is 19.4 Å². The van der Waals surface area contributed by atoms with Gasteiger partial charge in [0.25, 0.3) is 0 Å². The second kappa shape index (κ2) is 6.67. The molecule has 0 radical (unpaired) electrons. The number of aliphatic hydroxyl groups is 1. The van der Waals surface area contributed by atoms with Crippen LogP contribution in [-0.2, 0) is 14.3 Å². The average molecular weight is 430 g/mol. The van der Waals surface area contributed by atoms with Crippen LogP contribution in [0.2, 0.25) is 0 Å². The summed E-state index contributed by atoms with van der Waals surface area (Å²) in [5.41, 5.74) is -2.50. The topological polar surface area (TPSA) is 114 Å². The Morgan fingerprint density at radius 3 is 2.55 bits per heavy atom. The van der Waals surface area contributed by atoms with E-state index >= 15 is 0 Å². The molecule has 1 aliphatic heterocycles. The Morgan fingerprint density at radius 2 is 1.87 bits per heavy atom. The van der Waals surface area contributed by atoms with Crippen LogP contribution in [0.15, 0.2) is 27.6 Å².